The van der Waals surface area contributed by atoms with E-state index in [9.17, 15) is 22.8 Å². The fourth-order valence-corrected chi connectivity index (χ4v) is 5.08. The second kappa shape index (κ2) is 10.9. The average Bonchev–Trinajstić information content (AvgIpc) is 3.67. The second-order valence-electron chi connectivity index (χ2n) is 10.5. The van der Waals surface area contributed by atoms with Crippen molar-refractivity contribution in [3.05, 3.63) is 41.3 Å². The number of amides is 2. The Hall–Kier alpha value is -3.63. The first-order valence-corrected chi connectivity index (χ1v) is 13.4. The molecule has 0 radical (unpaired) electrons. The summed E-state index contributed by atoms with van der Waals surface area (Å²) in [5.74, 6) is 0.430. The zero-order valence-electron chi connectivity index (χ0n) is 22.0. The van der Waals surface area contributed by atoms with Crippen molar-refractivity contribution in [2.24, 2.45) is 5.92 Å². The summed E-state index contributed by atoms with van der Waals surface area (Å²) in [5.41, 5.74) is 1.22. The Morgan fingerprint density at radius 3 is 2.38 bits per heavy atom. The van der Waals surface area contributed by atoms with Crippen LogP contribution in [0.25, 0.3) is 22.3 Å². The predicted molar refractivity (Wildman–Crippen MR) is 139 cm³/mol. The highest BCUT2D eigenvalue weighted by molar-refractivity contribution is 6.09. The maximum atomic E-state index is 13.6. The van der Waals surface area contributed by atoms with E-state index in [1.165, 1.54) is 12.4 Å². The Balaban J connectivity index is 1.42. The minimum atomic E-state index is -4.54. The second-order valence-corrected chi connectivity index (χ2v) is 10.5. The highest BCUT2D eigenvalue weighted by Gasteiger charge is 2.33. The summed E-state index contributed by atoms with van der Waals surface area (Å²) < 4.78 is 46.7. The molecule has 39 heavy (non-hydrogen) atoms. The van der Waals surface area contributed by atoms with Crippen LogP contribution in [0.5, 0.6) is 5.75 Å². The molecule has 2 aliphatic carbocycles. The van der Waals surface area contributed by atoms with Crippen molar-refractivity contribution in [2.75, 3.05) is 6.61 Å². The number of aryl methyl sites for hydroxylation is 1. The molecule has 0 spiro atoms. The highest BCUT2D eigenvalue weighted by atomic mass is 19.4. The van der Waals surface area contributed by atoms with E-state index >= 15 is 0 Å². The van der Waals surface area contributed by atoms with Crippen LogP contribution < -0.4 is 15.4 Å². The van der Waals surface area contributed by atoms with Crippen LogP contribution in [0.4, 0.5) is 13.2 Å². The molecule has 0 bridgehead atoms. The fraction of sp³-hybridized carbons (Fsp3) is 0.500. The van der Waals surface area contributed by atoms with E-state index in [-0.39, 0.29) is 35.2 Å². The fourth-order valence-electron chi connectivity index (χ4n) is 5.08. The number of aromatic amines is 1. The quantitative estimate of drug-likeness (QED) is 0.357. The van der Waals surface area contributed by atoms with Crippen molar-refractivity contribution in [3.8, 4) is 17.0 Å². The summed E-state index contributed by atoms with van der Waals surface area (Å²) in [6, 6.07) is 3.43. The summed E-state index contributed by atoms with van der Waals surface area (Å²) in [6.07, 6.45) is 2.24. The van der Waals surface area contributed by atoms with E-state index in [1.54, 1.807) is 6.92 Å². The maximum absolute atomic E-state index is 13.6. The van der Waals surface area contributed by atoms with Crippen LogP contribution in [0.3, 0.4) is 0 Å². The molecule has 0 atom stereocenters. The van der Waals surface area contributed by atoms with Gasteiger partial charge in [0.2, 0.25) is 5.91 Å². The minimum absolute atomic E-state index is 0.0225. The number of benzene rings is 1. The van der Waals surface area contributed by atoms with Gasteiger partial charge in [-0.1, -0.05) is 6.92 Å². The first-order valence-electron chi connectivity index (χ1n) is 13.4. The molecular formula is C28H32F3N5O3. The third kappa shape index (κ3) is 6.02. The molecule has 8 nitrogen and oxygen atoms in total. The molecule has 1 aromatic carbocycles. The van der Waals surface area contributed by atoms with Crippen molar-refractivity contribution < 1.29 is 27.5 Å². The van der Waals surface area contributed by atoms with Crippen molar-refractivity contribution in [2.45, 2.75) is 77.1 Å². The number of alkyl halides is 3. The van der Waals surface area contributed by atoms with Crippen LogP contribution in [0, 0.1) is 12.8 Å². The van der Waals surface area contributed by atoms with E-state index in [0.29, 0.717) is 47.0 Å². The van der Waals surface area contributed by atoms with Crippen molar-refractivity contribution in [3.63, 3.8) is 0 Å². The lowest BCUT2D eigenvalue weighted by atomic mass is 9.91. The lowest BCUT2D eigenvalue weighted by Crippen LogP contribution is -2.43. The number of nitrogens with one attached hydrogen (secondary N) is 3. The number of hydrogen-bond acceptors (Lipinski definition) is 5. The predicted octanol–water partition coefficient (Wildman–Crippen LogP) is 5.31. The maximum Gasteiger partial charge on any atom is 0.416 e. The van der Waals surface area contributed by atoms with Crippen LogP contribution in [-0.2, 0) is 11.0 Å². The molecule has 3 aromatic rings. The standard InChI is InChI=1S/C28H32F3N5O3/c1-3-22(37)35-18-7-9-19(10-8-18)36-27(38)23-15(2)34-26-24(32-14-33-25(23)26)20-12-17(28(29,30)31)6-11-21(20)39-13-16-4-5-16/h6,11-12,14,16,18-19,34H,3-5,7-10,13H2,1-2H3,(H,35,37)(H,36,38)/t18-,19+. The number of rotatable bonds is 8. The normalized spacial score (nSPS) is 19.6. The van der Waals surface area contributed by atoms with Crippen LogP contribution >= 0.6 is 0 Å². The van der Waals surface area contributed by atoms with Gasteiger partial charge in [0, 0.05) is 29.8 Å². The van der Waals surface area contributed by atoms with Gasteiger partial charge in [-0.25, -0.2) is 9.97 Å². The van der Waals surface area contributed by atoms with Gasteiger partial charge >= 0.3 is 6.18 Å². The molecule has 5 rings (SSSR count). The smallest absolute Gasteiger partial charge is 0.416 e. The van der Waals surface area contributed by atoms with Gasteiger partial charge in [-0.15, -0.1) is 0 Å². The van der Waals surface area contributed by atoms with Gasteiger partial charge in [0.25, 0.3) is 5.91 Å². The van der Waals surface area contributed by atoms with Gasteiger partial charge < -0.3 is 20.4 Å². The van der Waals surface area contributed by atoms with E-state index < -0.39 is 11.7 Å². The molecule has 2 aromatic heterocycles. The van der Waals surface area contributed by atoms with Gasteiger partial charge in [-0.3, -0.25) is 9.59 Å². The number of carbonyl (C=O) groups is 2. The SMILES string of the molecule is CCC(=O)N[C@H]1CC[C@@H](NC(=O)c2c(C)[nH]c3c(-c4cc(C(F)(F)F)ccc4OCC4CC4)ncnc23)CC1. The summed E-state index contributed by atoms with van der Waals surface area (Å²) in [7, 11) is 0. The molecule has 2 amide bonds. The molecule has 208 valence electrons. The molecule has 2 heterocycles. The van der Waals surface area contributed by atoms with Gasteiger partial charge in [-0.05, 0) is 69.6 Å². The van der Waals surface area contributed by atoms with Crippen molar-refractivity contribution in [1.29, 1.82) is 0 Å². The van der Waals surface area contributed by atoms with E-state index in [4.69, 9.17) is 4.74 Å². The van der Waals surface area contributed by atoms with E-state index in [2.05, 4.69) is 25.6 Å². The zero-order valence-corrected chi connectivity index (χ0v) is 22.0. The van der Waals surface area contributed by atoms with Gasteiger partial charge in [-0.2, -0.15) is 13.2 Å². The topological polar surface area (TPSA) is 109 Å². The molecule has 2 fully saturated rings. The number of fused-ring (bicyclic) bond motifs is 1. The number of aromatic nitrogens is 3. The van der Waals surface area contributed by atoms with Gasteiger partial charge in [0.15, 0.2) is 0 Å². The third-order valence-electron chi connectivity index (χ3n) is 7.48. The number of carbonyl (C=O) groups excluding carboxylic acids is 2. The average molecular weight is 544 g/mol. The molecule has 0 unspecified atom stereocenters. The Morgan fingerprint density at radius 2 is 1.74 bits per heavy atom. The summed E-state index contributed by atoms with van der Waals surface area (Å²) in [5, 5.41) is 6.08. The molecule has 2 saturated carbocycles. The lowest BCUT2D eigenvalue weighted by Gasteiger charge is -2.29. The number of ether oxygens (including phenoxy) is 1. The number of nitrogens with zero attached hydrogens (tertiary/aromatic N) is 2. The number of H-pyrrole nitrogens is 1. The monoisotopic (exact) mass is 543 g/mol. The van der Waals surface area contributed by atoms with Crippen LogP contribution in [0.2, 0.25) is 0 Å². The molecule has 3 N–H and O–H groups in total. The highest BCUT2D eigenvalue weighted by Crippen LogP contribution is 2.40. The van der Waals surface area contributed by atoms with Crippen molar-refractivity contribution >= 4 is 22.8 Å². The lowest BCUT2D eigenvalue weighted by molar-refractivity contribution is -0.137. The van der Waals surface area contributed by atoms with Crippen LogP contribution in [0.1, 0.15) is 73.5 Å². The molecule has 0 saturated heterocycles. The number of halogens is 3. The molecule has 0 aliphatic heterocycles. The first kappa shape index (κ1) is 27.0. The van der Waals surface area contributed by atoms with Gasteiger partial charge in [0.1, 0.15) is 23.3 Å². The summed E-state index contributed by atoms with van der Waals surface area (Å²) in [4.78, 5) is 36.8. The van der Waals surface area contributed by atoms with E-state index in [0.717, 1.165) is 50.7 Å². The molecular weight excluding hydrogens is 511 g/mol. The van der Waals surface area contributed by atoms with Crippen molar-refractivity contribution in [1.82, 2.24) is 25.6 Å². The largest absolute Gasteiger partial charge is 0.493 e. The Bertz CT molecular complexity index is 1370. The summed E-state index contributed by atoms with van der Waals surface area (Å²) in [6.45, 7) is 3.97. The Kier molecular flexibility index (Phi) is 7.51. The zero-order chi connectivity index (χ0) is 27.7. The van der Waals surface area contributed by atoms with E-state index in [1.807, 2.05) is 6.92 Å². The van der Waals surface area contributed by atoms with Crippen LogP contribution in [0.15, 0.2) is 24.5 Å². The Labute approximate surface area is 224 Å². The van der Waals surface area contributed by atoms with Gasteiger partial charge in [0.05, 0.1) is 23.3 Å². The summed E-state index contributed by atoms with van der Waals surface area (Å²) >= 11 is 0. The van der Waals surface area contributed by atoms with Crippen LogP contribution in [-0.4, -0.2) is 45.5 Å². The number of hydrogen-bond donors (Lipinski definition) is 3. The molecule has 2 aliphatic rings. The minimum Gasteiger partial charge on any atom is -0.493 e. The molecule has 11 heteroatoms. The third-order valence-corrected chi connectivity index (χ3v) is 7.48. The Morgan fingerprint density at radius 1 is 1.05 bits per heavy atom. The first-order chi connectivity index (χ1) is 18.6.